The van der Waals surface area contributed by atoms with Crippen LogP contribution >= 0.6 is 11.6 Å². The molecular formula is C18H25ClF2N4O2. The van der Waals surface area contributed by atoms with E-state index in [4.69, 9.17) is 16.3 Å². The molecule has 0 aliphatic carbocycles. The molecule has 0 spiro atoms. The Kier molecular flexibility index (Phi) is 5.14. The van der Waals surface area contributed by atoms with Crippen molar-refractivity contribution in [1.82, 2.24) is 9.88 Å². The highest BCUT2D eigenvalue weighted by Gasteiger charge is 2.45. The van der Waals surface area contributed by atoms with E-state index in [0.717, 1.165) is 0 Å². The van der Waals surface area contributed by atoms with Crippen molar-refractivity contribution in [1.29, 1.82) is 0 Å². The van der Waals surface area contributed by atoms with E-state index in [2.05, 4.69) is 4.98 Å². The molecule has 2 aliphatic heterocycles. The van der Waals surface area contributed by atoms with Gasteiger partial charge < -0.3 is 19.4 Å². The molecule has 3 heterocycles. The molecule has 0 saturated carbocycles. The van der Waals surface area contributed by atoms with Gasteiger partial charge in [-0.25, -0.2) is 18.6 Å². The summed E-state index contributed by atoms with van der Waals surface area (Å²) in [6.07, 6.45) is 1.17. The molecule has 0 radical (unpaired) electrons. The number of pyridine rings is 1. The van der Waals surface area contributed by atoms with Gasteiger partial charge in [0.15, 0.2) is 5.82 Å². The molecule has 0 aromatic carbocycles. The van der Waals surface area contributed by atoms with E-state index in [1.54, 1.807) is 15.9 Å². The summed E-state index contributed by atoms with van der Waals surface area (Å²) in [6, 6.07) is 1.63. The van der Waals surface area contributed by atoms with E-state index in [-0.39, 0.29) is 25.2 Å². The fraction of sp³-hybridized carbons (Fsp3) is 0.667. The zero-order chi connectivity index (χ0) is 20.0. The molecule has 1 atom stereocenters. The first-order valence-corrected chi connectivity index (χ1v) is 9.36. The lowest BCUT2D eigenvalue weighted by molar-refractivity contribution is -0.0262. The van der Waals surface area contributed by atoms with Crippen molar-refractivity contribution >= 4 is 29.2 Å². The second-order valence-corrected chi connectivity index (χ2v) is 8.61. The molecule has 0 N–H and O–H groups in total. The van der Waals surface area contributed by atoms with E-state index >= 15 is 0 Å². The van der Waals surface area contributed by atoms with Crippen molar-refractivity contribution in [2.45, 2.75) is 45.3 Å². The molecule has 0 bridgehead atoms. The van der Waals surface area contributed by atoms with Crippen LogP contribution in [0.5, 0.6) is 0 Å². The zero-order valence-corrected chi connectivity index (χ0v) is 16.8. The Morgan fingerprint density at radius 2 is 2.00 bits per heavy atom. The number of nitrogens with zero attached hydrogens (tertiary/aromatic N) is 4. The Morgan fingerprint density at radius 3 is 2.56 bits per heavy atom. The third-order valence-electron chi connectivity index (χ3n) is 4.55. The second-order valence-electron chi connectivity index (χ2n) is 8.18. The molecule has 0 unspecified atom stereocenters. The zero-order valence-electron chi connectivity index (χ0n) is 16.0. The molecule has 2 fully saturated rings. The standard InChI is InChI=1S/C18H25ClF2N4O2/c1-12-9-23(16(26)27-17(2,3)4)5-6-25(12)15-14(7-13(19)8-22-15)24-10-18(20,21)11-24/h7-8,12H,5-6,9-11H2,1-4H3/t12-/m1/s1. The molecular weight excluding hydrogens is 378 g/mol. The molecule has 1 aromatic heterocycles. The van der Waals surface area contributed by atoms with Gasteiger partial charge in [-0.3, -0.25) is 0 Å². The van der Waals surface area contributed by atoms with E-state index in [9.17, 15) is 13.6 Å². The summed E-state index contributed by atoms with van der Waals surface area (Å²) in [5.41, 5.74) is 0.0523. The minimum atomic E-state index is -2.68. The second kappa shape index (κ2) is 6.96. The molecule has 2 aliphatic rings. The summed E-state index contributed by atoms with van der Waals surface area (Å²) >= 11 is 6.05. The predicted octanol–water partition coefficient (Wildman–Crippen LogP) is 3.64. The van der Waals surface area contributed by atoms with Crippen LogP contribution in [0.3, 0.4) is 0 Å². The number of alkyl halides is 2. The van der Waals surface area contributed by atoms with Gasteiger partial charge in [0.05, 0.1) is 23.8 Å². The summed E-state index contributed by atoms with van der Waals surface area (Å²) in [7, 11) is 0. The number of carbonyl (C=O) groups excluding carboxylic acids is 1. The Bertz CT molecular complexity index is 718. The lowest BCUT2D eigenvalue weighted by atomic mass is 10.1. The number of anilines is 2. The first kappa shape index (κ1) is 19.9. The summed E-state index contributed by atoms with van der Waals surface area (Å²) in [4.78, 5) is 22.0. The minimum absolute atomic E-state index is 0.0412. The minimum Gasteiger partial charge on any atom is -0.444 e. The molecule has 1 amide bonds. The number of hydrogen-bond acceptors (Lipinski definition) is 5. The van der Waals surface area contributed by atoms with Gasteiger partial charge in [-0.05, 0) is 33.8 Å². The first-order valence-electron chi connectivity index (χ1n) is 8.98. The molecule has 6 nitrogen and oxygen atoms in total. The van der Waals surface area contributed by atoms with Gasteiger partial charge in [0.2, 0.25) is 0 Å². The van der Waals surface area contributed by atoms with Gasteiger partial charge in [-0.2, -0.15) is 0 Å². The normalized spacial score (nSPS) is 22.5. The number of amides is 1. The van der Waals surface area contributed by atoms with Crippen LogP contribution in [0.2, 0.25) is 5.02 Å². The van der Waals surface area contributed by atoms with Crippen molar-refractivity contribution in [3.8, 4) is 0 Å². The van der Waals surface area contributed by atoms with E-state index in [1.165, 1.54) is 6.20 Å². The van der Waals surface area contributed by atoms with Crippen molar-refractivity contribution in [2.75, 3.05) is 42.5 Å². The number of aromatic nitrogens is 1. The van der Waals surface area contributed by atoms with E-state index in [0.29, 0.717) is 36.2 Å². The van der Waals surface area contributed by atoms with Crippen LogP contribution in [0.25, 0.3) is 0 Å². The van der Waals surface area contributed by atoms with Gasteiger partial charge in [-0.1, -0.05) is 11.6 Å². The Balaban J connectivity index is 1.74. The lowest BCUT2D eigenvalue weighted by Crippen LogP contribution is -2.58. The maximum Gasteiger partial charge on any atom is 0.410 e. The van der Waals surface area contributed by atoms with Gasteiger partial charge in [0.25, 0.3) is 5.92 Å². The quantitative estimate of drug-likeness (QED) is 0.756. The first-order chi connectivity index (χ1) is 12.5. The van der Waals surface area contributed by atoms with Crippen LogP contribution in [0.15, 0.2) is 12.3 Å². The SMILES string of the molecule is C[C@@H]1CN(C(=O)OC(C)(C)C)CCN1c1ncc(Cl)cc1N1CC(F)(F)C1. The summed E-state index contributed by atoms with van der Waals surface area (Å²) in [6.45, 7) is 8.26. The Morgan fingerprint density at radius 1 is 1.33 bits per heavy atom. The molecule has 27 heavy (non-hydrogen) atoms. The Hall–Kier alpha value is -1.83. The van der Waals surface area contributed by atoms with Gasteiger partial charge in [0.1, 0.15) is 5.60 Å². The van der Waals surface area contributed by atoms with Crippen molar-refractivity contribution in [2.24, 2.45) is 0 Å². The largest absolute Gasteiger partial charge is 0.444 e. The van der Waals surface area contributed by atoms with Crippen molar-refractivity contribution in [3.63, 3.8) is 0 Å². The number of halogens is 3. The molecule has 9 heteroatoms. The number of ether oxygens (including phenoxy) is 1. The number of rotatable bonds is 2. The van der Waals surface area contributed by atoms with Crippen LogP contribution in [-0.2, 0) is 4.74 Å². The highest BCUT2D eigenvalue weighted by Crippen LogP contribution is 2.39. The summed E-state index contributed by atoms with van der Waals surface area (Å²) < 4.78 is 32.1. The van der Waals surface area contributed by atoms with Crippen LogP contribution in [0.1, 0.15) is 27.7 Å². The lowest BCUT2D eigenvalue weighted by Gasteiger charge is -2.45. The number of piperazine rings is 1. The van der Waals surface area contributed by atoms with Crippen LogP contribution < -0.4 is 9.80 Å². The van der Waals surface area contributed by atoms with Gasteiger partial charge in [-0.15, -0.1) is 0 Å². The highest BCUT2D eigenvalue weighted by atomic mass is 35.5. The molecule has 3 rings (SSSR count). The monoisotopic (exact) mass is 402 g/mol. The van der Waals surface area contributed by atoms with Crippen LogP contribution in [0.4, 0.5) is 25.1 Å². The fourth-order valence-corrected chi connectivity index (χ4v) is 3.47. The maximum absolute atomic E-state index is 13.3. The topological polar surface area (TPSA) is 48.9 Å². The third kappa shape index (κ3) is 4.54. The smallest absolute Gasteiger partial charge is 0.410 e. The van der Waals surface area contributed by atoms with Crippen molar-refractivity contribution in [3.05, 3.63) is 17.3 Å². The van der Waals surface area contributed by atoms with E-state index < -0.39 is 11.5 Å². The van der Waals surface area contributed by atoms with Gasteiger partial charge >= 0.3 is 6.09 Å². The number of hydrogen-bond donors (Lipinski definition) is 0. The third-order valence-corrected chi connectivity index (χ3v) is 4.76. The fourth-order valence-electron chi connectivity index (χ4n) is 3.32. The number of carbonyl (C=O) groups is 1. The van der Waals surface area contributed by atoms with E-state index in [1.807, 2.05) is 32.6 Å². The van der Waals surface area contributed by atoms with Crippen molar-refractivity contribution < 1.29 is 18.3 Å². The molecule has 2 saturated heterocycles. The average Bonchev–Trinajstić information content (AvgIpc) is 2.51. The summed E-state index contributed by atoms with van der Waals surface area (Å²) in [5.74, 6) is -2.06. The average molecular weight is 403 g/mol. The Labute approximate surface area is 163 Å². The van der Waals surface area contributed by atoms with Crippen LogP contribution in [0, 0.1) is 0 Å². The van der Waals surface area contributed by atoms with Gasteiger partial charge in [0, 0.05) is 31.9 Å². The molecule has 1 aromatic rings. The highest BCUT2D eigenvalue weighted by molar-refractivity contribution is 6.30. The van der Waals surface area contributed by atoms with Crippen LogP contribution in [-0.4, -0.2) is 66.3 Å². The maximum atomic E-state index is 13.3. The predicted molar refractivity (Wildman–Crippen MR) is 101 cm³/mol. The summed E-state index contributed by atoms with van der Waals surface area (Å²) in [5, 5.41) is 0.406. The molecule has 150 valence electrons.